The van der Waals surface area contributed by atoms with Gasteiger partial charge in [-0.15, -0.1) is 0 Å². The van der Waals surface area contributed by atoms with Crippen LogP contribution in [0.1, 0.15) is 87.1 Å². The average molecular weight is 642 g/mol. The van der Waals surface area contributed by atoms with Crippen molar-refractivity contribution < 1.29 is 45.8 Å². The van der Waals surface area contributed by atoms with E-state index in [2.05, 4.69) is 11.5 Å². The van der Waals surface area contributed by atoms with Gasteiger partial charge in [-0.2, -0.15) is 26.3 Å². The summed E-state index contributed by atoms with van der Waals surface area (Å²) >= 11 is 0. The summed E-state index contributed by atoms with van der Waals surface area (Å²) in [6.07, 6.45) is -8.81. The zero-order chi connectivity index (χ0) is 33.3. The third-order valence-electron chi connectivity index (χ3n) is 8.67. The smallest absolute Gasteiger partial charge is 0.416 e. The van der Waals surface area contributed by atoms with Gasteiger partial charge in [-0.25, -0.2) is 9.78 Å². The maximum Gasteiger partial charge on any atom is 0.416 e. The van der Waals surface area contributed by atoms with Gasteiger partial charge in [-0.1, -0.05) is 6.58 Å². The molecule has 1 aliphatic heterocycles. The number of alkyl halides is 6. The molecule has 0 radical (unpaired) electrons. The first-order chi connectivity index (χ1) is 21.0. The van der Waals surface area contributed by atoms with E-state index in [-0.39, 0.29) is 24.9 Å². The summed E-state index contributed by atoms with van der Waals surface area (Å²) < 4.78 is 86.5. The first-order valence-corrected chi connectivity index (χ1v) is 14.9. The Hall–Kier alpha value is -3.77. The van der Waals surface area contributed by atoms with Crippen LogP contribution in [0.15, 0.2) is 36.9 Å². The minimum Gasteiger partial charge on any atom is -0.481 e. The number of carbonyl (C=O) groups is 2. The number of cyclic esters (lactones) is 1. The molecule has 0 spiro atoms. The number of carboxylic acids is 1. The lowest BCUT2D eigenvalue weighted by molar-refractivity contribution is -0.143. The highest BCUT2D eigenvalue weighted by Gasteiger charge is 2.43. The summed E-state index contributed by atoms with van der Waals surface area (Å²) in [4.78, 5) is 32.3. The van der Waals surface area contributed by atoms with Crippen molar-refractivity contribution in [1.29, 1.82) is 0 Å². The minimum atomic E-state index is -5.04. The van der Waals surface area contributed by atoms with E-state index in [1.807, 2.05) is 19.1 Å². The van der Waals surface area contributed by atoms with Crippen LogP contribution in [0.25, 0.3) is 5.57 Å². The van der Waals surface area contributed by atoms with E-state index in [9.17, 15) is 35.9 Å². The number of pyridine rings is 1. The molecule has 2 aromatic rings. The van der Waals surface area contributed by atoms with E-state index < -0.39 is 53.3 Å². The quantitative estimate of drug-likeness (QED) is 0.263. The molecule has 1 N–H and O–H groups in total. The van der Waals surface area contributed by atoms with Crippen molar-refractivity contribution in [1.82, 2.24) is 9.88 Å². The van der Waals surface area contributed by atoms with Crippen molar-refractivity contribution in [3.63, 3.8) is 0 Å². The number of nitrogens with zero attached hydrogens (tertiary/aromatic N) is 3. The number of halogens is 6. The number of benzene rings is 1. The Morgan fingerprint density at radius 3 is 2.13 bits per heavy atom. The van der Waals surface area contributed by atoms with Gasteiger partial charge in [0, 0.05) is 19.5 Å². The highest BCUT2D eigenvalue weighted by molar-refractivity contribution is 5.72. The van der Waals surface area contributed by atoms with E-state index in [0.29, 0.717) is 48.1 Å². The molecule has 2 fully saturated rings. The van der Waals surface area contributed by atoms with Crippen LogP contribution in [0.5, 0.6) is 0 Å². The molecule has 1 amide bonds. The molecule has 0 unspecified atom stereocenters. The molecule has 2 atom stereocenters. The van der Waals surface area contributed by atoms with Crippen LogP contribution in [0.3, 0.4) is 0 Å². The van der Waals surface area contributed by atoms with Gasteiger partial charge in [-0.05, 0) is 99.8 Å². The van der Waals surface area contributed by atoms with Gasteiger partial charge in [0.25, 0.3) is 0 Å². The van der Waals surface area contributed by atoms with Crippen molar-refractivity contribution in [2.75, 3.05) is 18.0 Å². The summed E-state index contributed by atoms with van der Waals surface area (Å²) in [6, 6.07) is 3.98. The molecule has 246 valence electrons. The van der Waals surface area contributed by atoms with E-state index >= 15 is 0 Å². The predicted octanol–water partition coefficient (Wildman–Crippen LogP) is 8.34. The first kappa shape index (κ1) is 34.1. The number of rotatable bonds is 10. The minimum absolute atomic E-state index is 0.0416. The number of amides is 1. The largest absolute Gasteiger partial charge is 0.481 e. The molecule has 7 nitrogen and oxygen atoms in total. The Morgan fingerprint density at radius 2 is 1.62 bits per heavy atom. The standard InChI is InChI=1S/C32H37F6N3O4/c1-5-40(16-21-8-6-20(7-9-21)12-28(42)43)27-11-10-25(18(2)3)39-26(27)17-41-19(4)29(45-30(41)44)22-13-23(31(33,34)35)15-24(14-22)32(36,37)38/h10-11,13-15,19-21,29H,2,5-9,12,16-17H2,1,3-4H3,(H,42,43)/t19-,20?,21?,29-/m0/s1. The van der Waals surface area contributed by atoms with Gasteiger partial charge in [0.2, 0.25) is 0 Å². The SMILES string of the molecule is C=C(C)c1ccc(N(CC)CC2CCC(CC(=O)O)CC2)c(CN2C(=O)O[C@H](c3cc(C(F)(F)F)cc(C(F)(F)F)c3)[C@@H]2C)n1. The molecule has 1 aromatic carbocycles. The van der Waals surface area contributed by atoms with E-state index in [0.717, 1.165) is 31.4 Å². The number of allylic oxidation sites excluding steroid dienone is 1. The molecule has 1 saturated carbocycles. The van der Waals surface area contributed by atoms with Gasteiger partial charge >= 0.3 is 24.4 Å². The summed E-state index contributed by atoms with van der Waals surface area (Å²) in [6.45, 7) is 10.4. The monoisotopic (exact) mass is 641 g/mol. The average Bonchev–Trinajstić information content (AvgIpc) is 3.24. The van der Waals surface area contributed by atoms with Crippen LogP contribution >= 0.6 is 0 Å². The Labute approximate surface area is 257 Å². The lowest BCUT2D eigenvalue weighted by Crippen LogP contribution is -2.35. The molecule has 1 aromatic heterocycles. The fraction of sp³-hybridized carbons (Fsp3) is 0.531. The first-order valence-electron chi connectivity index (χ1n) is 14.9. The zero-order valence-corrected chi connectivity index (χ0v) is 25.3. The van der Waals surface area contributed by atoms with Gasteiger partial charge < -0.3 is 14.7 Å². The maximum absolute atomic E-state index is 13.5. The third-order valence-corrected chi connectivity index (χ3v) is 8.67. The third kappa shape index (κ3) is 8.09. The molecule has 0 bridgehead atoms. The summed E-state index contributed by atoms with van der Waals surface area (Å²) in [5.41, 5.74) is -0.911. The van der Waals surface area contributed by atoms with Crippen LogP contribution in [-0.4, -0.2) is 46.2 Å². The summed E-state index contributed by atoms with van der Waals surface area (Å²) in [7, 11) is 0. The second kappa shape index (κ2) is 13.3. The Bertz CT molecular complexity index is 1390. The van der Waals surface area contributed by atoms with Gasteiger partial charge in [-0.3, -0.25) is 9.69 Å². The summed E-state index contributed by atoms with van der Waals surface area (Å²) in [5.74, 6) is -0.333. The summed E-state index contributed by atoms with van der Waals surface area (Å²) in [5, 5.41) is 9.13. The number of hydrogen-bond acceptors (Lipinski definition) is 5. The zero-order valence-electron chi connectivity index (χ0n) is 25.3. The van der Waals surface area contributed by atoms with E-state index in [1.165, 1.54) is 11.8 Å². The van der Waals surface area contributed by atoms with Crippen molar-refractivity contribution in [3.8, 4) is 0 Å². The number of carbonyl (C=O) groups excluding carboxylic acids is 1. The Kier molecular flexibility index (Phi) is 10.1. The molecule has 45 heavy (non-hydrogen) atoms. The van der Waals surface area contributed by atoms with Crippen LogP contribution in [0.2, 0.25) is 0 Å². The maximum atomic E-state index is 13.5. The number of anilines is 1. The highest BCUT2D eigenvalue weighted by Crippen LogP contribution is 2.41. The van der Waals surface area contributed by atoms with Crippen LogP contribution in [-0.2, 0) is 28.4 Å². The van der Waals surface area contributed by atoms with Crippen molar-refractivity contribution in [2.24, 2.45) is 11.8 Å². The molecule has 2 heterocycles. The molecule has 1 aliphatic carbocycles. The van der Waals surface area contributed by atoms with Gasteiger partial charge in [0.1, 0.15) is 6.10 Å². The lowest BCUT2D eigenvalue weighted by Gasteiger charge is -2.34. The van der Waals surface area contributed by atoms with E-state index in [4.69, 9.17) is 14.8 Å². The lowest BCUT2D eigenvalue weighted by atomic mass is 9.80. The fourth-order valence-corrected chi connectivity index (χ4v) is 6.17. The molecule has 4 rings (SSSR count). The number of carboxylic acid groups (broad SMARTS) is 1. The predicted molar refractivity (Wildman–Crippen MR) is 155 cm³/mol. The molecule has 13 heteroatoms. The number of hydrogen-bond donors (Lipinski definition) is 1. The molecule has 2 aliphatic rings. The second-order valence-corrected chi connectivity index (χ2v) is 12.0. The highest BCUT2D eigenvalue weighted by atomic mass is 19.4. The van der Waals surface area contributed by atoms with E-state index in [1.54, 1.807) is 6.92 Å². The number of ether oxygens (including phenoxy) is 1. The fourth-order valence-electron chi connectivity index (χ4n) is 6.17. The number of aliphatic carboxylic acids is 1. The van der Waals surface area contributed by atoms with Crippen LogP contribution in [0, 0.1) is 11.8 Å². The van der Waals surface area contributed by atoms with Crippen molar-refractivity contribution in [2.45, 2.75) is 83.9 Å². The Morgan fingerprint density at radius 1 is 1.04 bits per heavy atom. The molecule has 1 saturated heterocycles. The van der Waals surface area contributed by atoms with Crippen molar-refractivity contribution in [3.05, 3.63) is 65.0 Å². The topological polar surface area (TPSA) is 83.0 Å². The van der Waals surface area contributed by atoms with Gasteiger partial charge in [0.05, 0.1) is 40.8 Å². The molecular formula is C32H37F6N3O4. The van der Waals surface area contributed by atoms with Crippen LogP contribution < -0.4 is 4.90 Å². The number of aromatic nitrogens is 1. The van der Waals surface area contributed by atoms with Gasteiger partial charge in [0.15, 0.2) is 0 Å². The normalized spacial score (nSPS) is 22.3. The molecular weight excluding hydrogens is 604 g/mol. The van der Waals surface area contributed by atoms with Crippen molar-refractivity contribution >= 4 is 23.3 Å². The Balaban J connectivity index is 1.61. The second-order valence-electron chi connectivity index (χ2n) is 12.0. The van der Waals surface area contributed by atoms with Crippen LogP contribution in [0.4, 0.5) is 36.8 Å².